The number of ether oxygens (including phenoxy) is 1. The van der Waals surface area contributed by atoms with Gasteiger partial charge in [-0.05, 0) is 24.1 Å². The molecule has 0 aliphatic carbocycles. The van der Waals surface area contributed by atoms with E-state index in [1.165, 1.54) is 4.88 Å². The molecule has 1 heterocycles. The summed E-state index contributed by atoms with van der Waals surface area (Å²) in [4.78, 5) is 1.20. The monoisotopic (exact) mass is 289 g/mol. The summed E-state index contributed by atoms with van der Waals surface area (Å²) in [6.07, 6.45) is 2.76. The van der Waals surface area contributed by atoms with Crippen LogP contribution >= 0.6 is 23.1 Å². The van der Waals surface area contributed by atoms with Gasteiger partial charge in [0.2, 0.25) is 0 Å². The molecule has 1 aromatic heterocycles. The van der Waals surface area contributed by atoms with Crippen LogP contribution in [0.25, 0.3) is 0 Å². The first-order valence-electron chi connectivity index (χ1n) is 6.26. The average Bonchev–Trinajstić information content (AvgIpc) is 2.87. The predicted molar refractivity (Wildman–Crippen MR) is 80.4 cm³/mol. The maximum atomic E-state index is 9.80. The second-order valence-corrected chi connectivity index (χ2v) is 6.16. The summed E-state index contributed by atoms with van der Waals surface area (Å²) in [7, 11) is 0. The van der Waals surface area contributed by atoms with Crippen LogP contribution in [0.5, 0.6) is 0 Å². The summed E-state index contributed by atoms with van der Waals surface area (Å²) in [6, 6.07) is 4.53. The van der Waals surface area contributed by atoms with E-state index in [1.807, 2.05) is 29.3 Å². The van der Waals surface area contributed by atoms with Gasteiger partial charge in [0.05, 0.1) is 19.3 Å². The van der Waals surface area contributed by atoms with Gasteiger partial charge in [0.15, 0.2) is 0 Å². The van der Waals surface area contributed by atoms with Gasteiger partial charge in [-0.3, -0.25) is 0 Å². The van der Waals surface area contributed by atoms with Crippen molar-refractivity contribution in [3.05, 3.63) is 22.4 Å². The summed E-state index contributed by atoms with van der Waals surface area (Å²) < 4.78 is 5.48. The Kier molecular flexibility index (Phi) is 8.71. The maximum Gasteiger partial charge on any atom is 0.0897 e. The SMILES string of the molecule is CCC(CSC)NCC(O)COCc1cccs1. The van der Waals surface area contributed by atoms with Crippen molar-refractivity contribution in [3.63, 3.8) is 0 Å². The van der Waals surface area contributed by atoms with E-state index in [4.69, 9.17) is 4.74 Å². The largest absolute Gasteiger partial charge is 0.389 e. The minimum atomic E-state index is -0.430. The van der Waals surface area contributed by atoms with Crippen LogP contribution in [0.3, 0.4) is 0 Å². The summed E-state index contributed by atoms with van der Waals surface area (Å²) in [6.45, 7) is 3.74. The molecule has 0 amide bonds. The highest BCUT2D eigenvalue weighted by Gasteiger charge is 2.09. The van der Waals surface area contributed by atoms with Crippen molar-refractivity contribution in [2.45, 2.75) is 32.1 Å². The van der Waals surface area contributed by atoms with E-state index in [0.717, 1.165) is 12.2 Å². The number of aliphatic hydroxyl groups is 1. The van der Waals surface area contributed by atoms with E-state index >= 15 is 0 Å². The Balaban J connectivity index is 2.07. The highest BCUT2D eigenvalue weighted by atomic mass is 32.2. The van der Waals surface area contributed by atoms with Gasteiger partial charge in [-0.15, -0.1) is 11.3 Å². The minimum absolute atomic E-state index is 0.389. The van der Waals surface area contributed by atoms with Crippen LogP contribution in [0.4, 0.5) is 0 Å². The third-order valence-electron chi connectivity index (χ3n) is 2.64. The Morgan fingerprint density at radius 2 is 2.39 bits per heavy atom. The van der Waals surface area contributed by atoms with E-state index in [1.54, 1.807) is 11.3 Å². The van der Waals surface area contributed by atoms with Gasteiger partial charge >= 0.3 is 0 Å². The Labute approximate surface area is 118 Å². The molecule has 104 valence electrons. The van der Waals surface area contributed by atoms with Crippen LogP contribution in [0, 0.1) is 0 Å². The van der Waals surface area contributed by atoms with Crippen LogP contribution in [0.15, 0.2) is 17.5 Å². The van der Waals surface area contributed by atoms with E-state index in [9.17, 15) is 5.11 Å². The molecule has 0 aromatic carbocycles. The number of hydrogen-bond donors (Lipinski definition) is 2. The molecule has 5 heteroatoms. The van der Waals surface area contributed by atoms with Crippen molar-refractivity contribution in [1.82, 2.24) is 5.32 Å². The Morgan fingerprint density at radius 1 is 1.56 bits per heavy atom. The van der Waals surface area contributed by atoms with Crippen molar-refractivity contribution in [1.29, 1.82) is 0 Å². The van der Waals surface area contributed by atoms with Gasteiger partial charge in [0.25, 0.3) is 0 Å². The number of thioether (sulfide) groups is 1. The first-order chi connectivity index (χ1) is 8.76. The summed E-state index contributed by atoms with van der Waals surface area (Å²) in [5, 5.41) is 15.2. The van der Waals surface area contributed by atoms with Gasteiger partial charge in [0.1, 0.15) is 0 Å². The Bertz CT molecular complexity index is 293. The summed E-state index contributed by atoms with van der Waals surface area (Å²) in [5.41, 5.74) is 0. The molecule has 1 rings (SSSR count). The van der Waals surface area contributed by atoms with Gasteiger partial charge in [-0.1, -0.05) is 13.0 Å². The molecule has 0 bridgehead atoms. The number of hydrogen-bond acceptors (Lipinski definition) is 5. The molecule has 0 radical (unpaired) electrons. The zero-order valence-electron chi connectivity index (χ0n) is 11.1. The molecule has 0 aliphatic heterocycles. The van der Waals surface area contributed by atoms with Gasteiger partial charge in [0, 0.05) is 23.2 Å². The van der Waals surface area contributed by atoms with Crippen molar-refractivity contribution in [2.75, 3.05) is 25.2 Å². The Morgan fingerprint density at radius 3 is 3.00 bits per heavy atom. The van der Waals surface area contributed by atoms with E-state index < -0.39 is 6.10 Å². The van der Waals surface area contributed by atoms with Crippen molar-refractivity contribution in [2.24, 2.45) is 0 Å². The van der Waals surface area contributed by atoms with Crippen LogP contribution < -0.4 is 5.32 Å². The lowest BCUT2D eigenvalue weighted by molar-refractivity contribution is 0.0288. The second kappa shape index (κ2) is 9.81. The lowest BCUT2D eigenvalue weighted by Gasteiger charge is -2.18. The molecule has 0 aliphatic rings. The highest BCUT2D eigenvalue weighted by molar-refractivity contribution is 7.98. The molecule has 1 aromatic rings. The molecule has 3 nitrogen and oxygen atoms in total. The summed E-state index contributed by atoms with van der Waals surface area (Å²) in [5.74, 6) is 1.08. The van der Waals surface area contributed by atoms with Gasteiger partial charge in [-0.2, -0.15) is 11.8 Å². The molecule has 0 spiro atoms. The van der Waals surface area contributed by atoms with Gasteiger partial charge in [-0.25, -0.2) is 0 Å². The van der Waals surface area contributed by atoms with Gasteiger partial charge < -0.3 is 15.2 Å². The summed E-state index contributed by atoms with van der Waals surface area (Å²) >= 11 is 3.51. The van der Waals surface area contributed by atoms with E-state index in [-0.39, 0.29) is 0 Å². The molecule has 2 unspecified atom stereocenters. The van der Waals surface area contributed by atoms with Crippen LogP contribution in [-0.2, 0) is 11.3 Å². The van der Waals surface area contributed by atoms with Crippen molar-refractivity contribution >= 4 is 23.1 Å². The third kappa shape index (κ3) is 6.75. The first-order valence-corrected chi connectivity index (χ1v) is 8.54. The van der Waals surface area contributed by atoms with Crippen LogP contribution in [0.1, 0.15) is 18.2 Å². The lowest BCUT2D eigenvalue weighted by Crippen LogP contribution is -2.38. The number of aliphatic hydroxyl groups excluding tert-OH is 1. The predicted octanol–water partition coefficient (Wildman–Crippen LogP) is 2.36. The quantitative estimate of drug-likeness (QED) is 0.694. The average molecular weight is 289 g/mol. The third-order valence-corrected chi connectivity index (χ3v) is 4.22. The first kappa shape index (κ1) is 16.0. The fourth-order valence-electron chi connectivity index (χ4n) is 1.57. The Hall–Kier alpha value is -0.0700. The second-order valence-electron chi connectivity index (χ2n) is 4.22. The number of thiophene rings is 1. The van der Waals surface area contributed by atoms with E-state index in [0.29, 0.717) is 25.8 Å². The fourth-order valence-corrected chi connectivity index (χ4v) is 2.97. The molecule has 2 atom stereocenters. The standard InChI is InChI=1S/C13H23NO2S2/c1-3-11(10-17-2)14-7-12(15)8-16-9-13-5-4-6-18-13/h4-6,11-12,14-15H,3,7-10H2,1-2H3. The molecule has 0 saturated carbocycles. The number of rotatable bonds is 10. The minimum Gasteiger partial charge on any atom is -0.389 e. The molecule has 0 fully saturated rings. The van der Waals surface area contributed by atoms with Crippen LogP contribution in [0.2, 0.25) is 0 Å². The molecule has 0 saturated heterocycles. The van der Waals surface area contributed by atoms with Crippen molar-refractivity contribution < 1.29 is 9.84 Å². The van der Waals surface area contributed by atoms with Crippen molar-refractivity contribution in [3.8, 4) is 0 Å². The van der Waals surface area contributed by atoms with Crippen LogP contribution in [-0.4, -0.2) is 42.4 Å². The molecule has 2 N–H and O–H groups in total. The fraction of sp³-hybridized carbons (Fsp3) is 0.692. The smallest absolute Gasteiger partial charge is 0.0897 e. The number of nitrogens with one attached hydrogen (secondary N) is 1. The zero-order valence-corrected chi connectivity index (χ0v) is 12.7. The maximum absolute atomic E-state index is 9.80. The molecular formula is C13H23NO2S2. The normalized spacial score (nSPS) is 14.6. The van der Waals surface area contributed by atoms with E-state index in [2.05, 4.69) is 18.5 Å². The zero-order chi connectivity index (χ0) is 13.2. The molecule has 18 heavy (non-hydrogen) atoms. The lowest BCUT2D eigenvalue weighted by atomic mass is 10.2. The topological polar surface area (TPSA) is 41.5 Å². The highest BCUT2D eigenvalue weighted by Crippen LogP contribution is 2.09. The molecular weight excluding hydrogens is 266 g/mol.